The summed E-state index contributed by atoms with van der Waals surface area (Å²) >= 11 is 0. The Balaban J connectivity index is 1.54. The van der Waals surface area contributed by atoms with E-state index in [0.717, 1.165) is 32.1 Å². The second-order valence-electron chi connectivity index (χ2n) is 5.56. The first-order valence-electron chi connectivity index (χ1n) is 7.11. The van der Waals surface area contributed by atoms with Crippen molar-refractivity contribution in [2.75, 3.05) is 17.6 Å². The molecule has 1 aliphatic carbocycles. The van der Waals surface area contributed by atoms with Crippen LogP contribution in [0.1, 0.15) is 38.0 Å². The lowest BCUT2D eigenvalue weighted by Crippen LogP contribution is -2.41. The van der Waals surface area contributed by atoms with Crippen molar-refractivity contribution in [2.45, 2.75) is 51.1 Å². The van der Waals surface area contributed by atoms with Crippen LogP contribution in [0.4, 0.5) is 6.01 Å². The van der Waals surface area contributed by atoms with Crippen molar-refractivity contribution >= 4 is 16.0 Å². The number of rotatable bonds is 3. The minimum atomic E-state index is -2.99. The first kappa shape index (κ1) is 13.8. The fourth-order valence-corrected chi connectivity index (χ4v) is 4.91. The molecule has 0 amide bonds. The molecule has 0 bridgehead atoms. The standard InChI is InChI=1S/C12H20N4O3S/c1-9-14-15-12(19-9)13-10-3-5-11(6-4-10)16-7-2-8-20(16,17)18/h10-11H,2-8H2,1H3,(H,13,15). The topological polar surface area (TPSA) is 88.3 Å². The summed E-state index contributed by atoms with van der Waals surface area (Å²) in [5.74, 6) is 0.858. The van der Waals surface area contributed by atoms with Crippen molar-refractivity contribution in [1.29, 1.82) is 0 Å². The lowest BCUT2D eigenvalue weighted by molar-refractivity contribution is 0.256. The average molecular weight is 300 g/mol. The second-order valence-corrected chi connectivity index (χ2v) is 7.60. The minimum absolute atomic E-state index is 0.171. The highest BCUT2D eigenvalue weighted by Gasteiger charge is 2.36. The number of anilines is 1. The van der Waals surface area contributed by atoms with Gasteiger partial charge in [-0.3, -0.25) is 0 Å². The SMILES string of the molecule is Cc1nnc(NC2CCC(N3CCCS3(=O)=O)CC2)o1. The Morgan fingerprint density at radius 3 is 2.55 bits per heavy atom. The van der Waals surface area contributed by atoms with Crippen molar-refractivity contribution in [3.8, 4) is 0 Å². The van der Waals surface area contributed by atoms with Crippen molar-refractivity contribution in [3.05, 3.63) is 5.89 Å². The molecule has 0 radical (unpaired) electrons. The van der Waals surface area contributed by atoms with E-state index in [1.807, 2.05) is 0 Å². The second kappa shape index (κ2) is 5.33. The van der Waals surface area contributed by atoms with Crippen LogP contribution in [0.5, 0.6) is 0 Å². The van der Waals surface area contributed by atoms with Gasteiger partial charge in [0, 0.05) is 25.6 Å². The minimum Gasteiger partial charge on any atom is -0.408 e. The van der Waals surface area contributed by atoms with Gasteiger partial charge in [0.1, 0.15) is 0 Å². The molecule has 1 aromatic heterocycles. The summed E-state index contributed by atoms with van der Waals surface area (Å²) in [5, 5.41) is 10.9. The first-order valence-corrected chi connectivity index (χ1v) is 8.72. The van der Waals surface area contributed by atoms with Gasteiger partial charge in [-0.25, -0.2) is 8.42 Å². The van der Waals surface area contributed by atoms with E-state index in [9.17, 15) is 8.42 Å². The molecule has 8 heteroatoms. The molecule has 1 aromatic rings. The third-order valence-corrected chi connectivity index (χ3v) is 6.10. The van der Waals surface area contributed by atoms with Crippen molar-refractivity contribution in [3.63, 3.8) is 0 Å². The molecule has 0 aromatic carbocycles. The summed E-state index contributed by atoms with van der Waals surface area (Å²) in [6.45, 7) is 2.45. The van der Waals surface area contributed by atoms with Crippen LogP contribution in [0.15, 0.2) is 4.42 Å². The Hall–Kier alpha value is -1.15. The number of aromatic nitrogens is 2. The Morgan fingerprint density at radius 1 is 1.25 bits per heavy atom. The Bertz CT molecular complexity index is 563. The zero-order chi connectivity index (χ0) is 14.2. The largest absolute Gasteiger partial charge is 0.408 e. The number of hydrogen-bond donors (Lipinski definition) is 1. The third-order valence-electron chi connectivity index (χ3n) is 4.10. The molecule has 0 atom stereocenters. The van der Waals surface area contributed by atoms with Gasteiger partial charge < -0.3 is 9.73 Å². The highest BCUT2D eigenvalue weighted by Crippen LogP contribution is 2.29. The van der Waals surface area contributed by atoms with Crippen LogP contribution in [-0.2, 0) is 10.0 Å². The molecule has 2 aliphatic rings. The van der Waals surface area contributed by atoms with Crippen LogP contribution in [0.2, 0.25) is 0 Å². The molecule has 1 saturated heterocycles. The predicted molar refractivity (Wildman–Crippen MR) is 73.8 cm³/mol. The van der Waals surface area contributed by atoms with Gasteiger partial charge in [0.2, 0.25) is 15.9 Å². The van der Waals surface area contributed by atoms with E-state index in [4.69, 9.17) is 4.42 Å². The van der Waals surface area contributed by atoms with E-state index in [1.165, 1.54) is 0 Å². The maximum Gasteiger partial charge on any atom is 0.315 e. The maximum absolute atomic E-state index is 11.9. The normalized spacial score (nSPS) is 30.4. The molecule has 112 valence electrons. The number of nitrogens with one attached hydrogen (secondary N) is 1. The molecule has 1 N–H and O–H groups in total. The molecular weight excluding hydrogens is 280 g/mol. The Labute approximate surface area is 118 Å². The maximum atomic E-state index is 11.9. The number of aryl methyl sites for hydroxylation is 1. The van der Waals surface area contributed by atoms with Gasteiger partial charge in [-0.15, -0.1) is 5.10 Å². The number of hydrogen-bond acceptors (Lipinski definition) is 6. The first-order chi connectivity index (χ1) is 9.54. The van der Waals surface area contributed by atoms with Crippen LogP contribution in [0.3, 0.4) is 0 Å². The molecule has 1 aliphatic heterocycles. The lowest BCUT2D eigenvalue weighted by atomic mass is 9.91. The molecule has 0 spiro atoms. The third kappa shape index (κ3) is 2.80. The molecule has 3 rings (SSSR count). The monoisotopic (exact) mass is 300 g/mol. The van der Waals surface area contributed by atoms with Gasteiger partial charge >= 0.3 is 6.01 Å². The van der Waals surface area contributed by atoms with Crippen LogP contribution >= 0.6 is 0 Å². The van der Waals surface area contributed by atoms with Crippen molar-refractivity contribution < 1.29 is 12.8 Å². The summed E-state index contributed by atoms with van der Waals surface area (Å²) in [4.78, 5) is 0. The van der Waals surface area contributed by atoms with Crippen molar-refractivity contribution in [2.24, 2.45) is 0 Å². The van der Waals surface area contributed by atoms with Gasteiger partial charge in [-0.1, -0.05) is 5.10 Å². The van der Waals surface area contributed by atoms with Crippen molar-refractivity contribution in [1.82, 2.24) is 14.5 Å². The molecular formula is C12H20N4O3S. The molecule has 2 fully saturated rings. The van der Waals surface area contributed by atoms with E-state index in [2.05, 4.69) is 15.5 Å². The van der Waals surface area contributed by atoms with Crippen LogP contribution in [0, 0.1) is 6.92 Å². The zero-order valence-corrected chi connectivity index (χ0v) is 12.4. The summed E-state index contributed by atoms with van der Waals surface area (Å²) in [6.07, 6.45) is 4.41. The quantitative estimate of drug-likeness (QED) is 0.900. The number of sulfonamides is 1. The summed E-state index contributed by atoms with van der Waals surface area (Å²) in [6, 6.07) is 0.918. The van der Waals surface area contributed by atoms with Crippen LogP contribution in [-0.4, -0.2) is 47.3 Å². The molecule has 2 heterocycles. The van der Waals surface area contributed by atoms with E-state index >= 15 is 0 Å². The van der Waals surface area contributed by atoms with E-state index in [1.54, 1.807) is 11.2 Å². The lowest BCUT2D eigenvalue weighted by Gasteiger charge is -2.33. The van der Waals surface area contributed by atoms with Crippen LogP contribution < -0.4 is 5.32 Å². The highest BCUT2D eigenvalue weighted by molar-refractivity contribution is 7.89. The van der Waals surface area contributed by atoms with Gasteiger partial charge in [0.25, 0.3) is 0 Å². The number of nitrogens with zero attached hydrogens (tertiary/aromatic N) is 3. The predicted octanol–water partition coefficient (Wildman–Crippen LogP) is 1.14. The van der Waals surface area contributed by atoms with Crippen LogP contribution in [0.25, 0.3) is 0 Å². The van der Waals surface area contributed by atoms with Gasteiger partial charge in [0.15, 0.2) is 0 Å². The van der Waals surface area contributed by atoms with Gasteiger partial charge in [-0.05, 0) is 32.1 Å². The Kier molecular flexibility index (Phi) is 3.68. The Morgan fingerprint density at radius 2 is 2.00 bits per heavy atom. The molecule has 20 heavy (non-hydrogen) atoms. The van der Waals surface area contributed by atoms with Gasteiger partial charge in [-0.2, -0.15) is 4.31 Å². The van der Waals surface area contributed by atoms with Gasteiger partial charge in [0.05, 0.1) is 5.75 Å². The summed E-state index contributed by atoms with van der Waals surface area (Å²) in [7, 11) is -2.99. The smallest absolute Gasteiger partial charge is 0.315 e. The fraction of sp³-hybridized carbons (Fsp3) is 0.833. The average Bonchev–Trinajstić information content (AvgIpc) is 2.96. The highest BCUT2D eigenvalue weighted by atomic mass is 32.2. The van der Waals surface area contributed by atoms with E-state index in [-0.39, 0.29) is 12.1 Å². The fourth-order valence-electron chi connectivity index (χ4n) is 3.11. The summed E-state index contributed by atoms with van der Waals surface area (Å²) < 4.78 is 30.8. The molecule has 1 saturated carbocycles. The summed E-state index contributed by atoms with van der Waals surface area (Å²) in [5.41, 5.74) is 0. The zero-order valence-electron chi connectivity index (χ0n) is 11.6. The molecule has 0 unspecified atom stereocenters. The molecule has 7 nitrogen and oxygen atoms in total. The van der Waals surface area contributed by atoms with E-state index in [0.29, 0.717) is 24.2 Å². The van der Waals surface area contributed by atoms with E-state index < -0.39 is 10.0 Å².